The average Bonchev–Trinajstić information content (AvgIpc) is 2.47. The van der Waals surface area contributed by atoms with E-state index in [-0.39, 0.29) is 6.10 Å². The van der Waals surface area contributed by atoms with E-state index >= 15 is 0 Å². The summed E-state index contributed by atoms with van der Waals surface area (Å²) >= 11 is 0. The lowest BCUT2D eigenvalue weighted by molar-refractivity contribution is 0.210. The molecule has 0 radical (unpaired) electrons. The van der Waals surface area contributed by atoms with Crippen molar-refractivity contribution < 1.29 is 4.74 Å². The zero-order chi connectivity index (χ0) is 13.1. The third kappa shape index (κ3) is 2.50. The van der Waals surface area contributed by atoms with Crippen molar-refractivity contribution in [2.24, 2.45) is 0 Å². The maximum atomic E-state index is 6.06. The van der Waals surface area contributed by atoms with Gasteiger partial charge >= 0.3 is 0 Å². The highest BCUT2D eigenvalue weighted by molar-refractivity contribution is 5.58. The largest absolute Gasteiger partial charge is 0.482 e. The molecule has 0 saturated carbocycles. The van der Waals surface area contributed by atoms with Crippen LogP contribution in [-0.4, -0.2) is 13.1 Å². The second kappa shape index (κ2) is 5.22. The molecule has 1 unspecified atom stereocenters. The zero-order valence-electron chi connectivity index (χ0n) is 11.0. The topological polar surface area (TPSA) is 33.3 Å². The molecule has 0 aliphatic carbocycles. The van der Waals surface area contributed by atoms with E-state index in [0.717, 1.165) is 30.2 Å². The predicted octanol–water partition coefficient (Wildman–Crippen LogP) is 3.66. The number of hydrogen-bond donors (Lipinski definition) is 2. The van der Waals surface area contributed by atoms with Crippen LogP contribution < -0.4 is 15.4 Å². The summed E-state index contributed by atoms with van der Waals surface area (Å²) in [7, 11) is 0. The summed E-state index contributed by atoms with van der Waals surface area (Å²) < 4.78 is 6.06. The van der Waals surface area contributed by atoms with Crippen LogP contribution in [0.15, 0.2) is 48.5 Å². The number of fused-ring (bicyclic) bond motifs is 1. The average molecular weight is 254 g/mol. The van der Waals surface area contributed by atoms with Gasteiger partial charge in [0, 0.05) is 12.2 Å². The van der Waals surface area contributed by atoms with Gasteiger partial charge < -0.3 is 15.4 Å². The lowest BCUT2D eigenvalue weighted by Crippen LogP contribution is -2.23. The summed E-state index contributed by atoms with van der Waals surface area (Å²) in [6.07, 6.45) is 0.0634. The van der Waals surface area contributed by atoms with Gasteiger partial charge in [0.05, 0.1) is 12.2 Å². The molecule has 2 N–H and O–H groups in total. The van der Waals surface area contributed by atoms with Crippen LogP contribution in [0.25, 0.3) is 0 Å². The Balaban J connectivity index is 1.82. The minimum absolute atomic E-state index is 0.0634. The number of nitrogens with one attached hydrogen (secondary N) is 2. The van der Waals surface area contributed by atoms with E-state index in [1.54, 1.807) is 0 Å². The molecular formula is C16H18N2O. The van der Waals surface area contributed by atoms with Crippen molar-refractivity contribution >= 4 is 11.4 Å². The molecule has 98 valence electrons. The van der Waals surface area contributed by atoms with Crippen LogP contribution in [0, 0.1) is 0 Å². The first-order valence-corrected chi connectivity index (χ1v) is 6.70. The summed E-state index contributed by atoms with van der Waals surface area (Å²) in [5, 5.41) is 6.75. The molecule has 3 heteroatoms. The van der Waals surface area contributed by atoms with Crippen LogP contribution in [0.2, 0.25) is 0 Å². The van der Waals surface area contributed by atoms with Crippen molar-refractivity contribution in [1.82, 2.24) is 0 Å². The zero-order valence-corrected chi connectivity index (χ0v) is 11.0. The Morgan fingerprint density at radius 2 is 2.11 bits per heavy atom. The molecule has 0 spiro atoms. The highest BCUT2D eigenvalue weighted by atomic mass is 16.5. The molecule has 0 fully saturated rings. The van der Waals surface area contributed by atoms with Gasteiger partial charge in [0.2, 0.25) is 0 Å². The van der Waals surface area contributed by atoms with Gasteiger partial charge in [-0.3, -0.25) is 0 Å². The van der Waals surface area contributed by atoms with Crippen molar-refractivity contribution in [3.8, 4) is 5.75 Å². The number of anilines is 2. The first-order valence-electron chi connectivity index (χ1n) is 6.70. The van der Waals surface area contributed by atoms with Crippen LogP contribution in [-0.2, 0) is 0 Å². The molecule has 1 aliphatic rings. The Morgan fingerprint density at radius 1 is 1.21 bits per heavy atom. The molecule has 19 heavy (non-hydrogen) atoms. The first-order chi connectivity index (χ1) is 9.36. The Hall–Kier alpha value is -2.16. The number of benzene rings is 2. The van der Waals surface area contributed by atoms with Gasteiger partial charge in [0.1, 0.15) is 11.9 Å². The Bertz CT molecular complexity index is 568. The number of para-hydroxylation sites is 2. The van der Waals surface area contributed by atoms with Crippen LogP contribution in [0.3, 0.4) is 0 Å². The Labute approximate surface area is 113 Å². The summed E-state index contributed by atoms with van der Waals surface area (Å²) in [4.78, 5) is 0. The monoisotopic (exact) mass is 254 g/mol. The second-order valence-corrected chi connectivity index (χ2v) is 4.64. The van der Waals surface area contributed by atoms with Gasteiger partial charge in [-0.15, -0.1) is 0 Å². The van der Waals surface area contributed by atoms with Gasteiger partial charge in [-0.25, -0.2) is 0 Å². The molecule has 1 aliphatic heterocycles. The molecule has 3 rings (SSSR count). The van der Waals surface area contributed by atoms with Crippen LogP contribution >= 0.6 is 0 Å². The maximum Gasteiger partial charge on any atom is 0.143 e. The molecule has 0 saturated heterocycles. The van der Waals surface area contributed by atoms with E-state index in [1.165, 1.54) is 5.56 Å². The fourth-order valence-corrected chi connectivity index (χ4v) is 2.35. The molecule has 1 atom stereocenters. The van der Waals surface area contributed by atoms with Gasteiger partial charge in [-0.2, -0.15) is 0 Å². The van der Waals surface area contributed by atoms with Crippen molar-refractivity contribution in [2.75, 3.05) is 23.7 Å². The van der Waals surface area contributed by atoms with E-state index < -0.39 is 0 Å². The SMILES string of the molecule is CCNc1cccc(C2CNc3ccccc3O2)c1. The van der Waals surface area contributed by atoms with Gasteiger partial charge in [0.25, 0.3) is 0 Å². The third-order valence-corrected chi connectivity index (χ3v) is 3.27. The Morgan fingerprint density at radius 3 is 3.00 bits per heavy atom. The standard InChI is InChI=1S/C16H18N2O/c1-2-17-13-7-5-6-12(10-13)16-11-18-14-8-3-4-9-15(14)19-16/h3-10,16-18H,2,11H2,1H3. The van der Waals surface area contributed by atoms with Crippen molar-refractivity contribution in [2.45, 2.75) is 13.0 Å². The lowest BCUT2D eigenvalue weighted by Gasteiger charge is -2.27. The molecule has 0 bridgehead atoms. The molecule has 2 aromatic rings. The van der Waals surface area contributed by atoms with E-state index in [0.29, 0.717) is 0 Å². The minimum atomic E-state index is 0.0634. The second-order valence-electron chi connectivity index (χ2n) is 4.64. The molecule has 0 aromatic heterocycles. The highest BCUT2D eigenvalue weighted by Crippen LogP contribution is 2.34. The summed E-state index contributed by atoms with van der Waals surface area (Å²) in [5.41, 5.74) is 3.41. The van der Waals surface area contributed by atoms with E-state index in [2.05, 4.69) is 41.8 Å². The summed E-state index contributed by atoms with van der Waals surface area (Å²) in [6, 6.07) is 16.5. The van der Waals surface area contributed by atoms with Crippen molar-refractivity contribution in [3.05, 3.63) is 54.1 Å². The fourth-order valence-electron chi connectivity index (χ4n) is 2.35. The molecule has 1 heterocycles. The number of hydrogen-bond acceptors (Lipinski definition) is 3. The lowest BCUT2D eigenvalue weighted by atomic mass is 10.1. The van der Waals surface area contributed by atoms with Gasteiger partial charge in [-0.1, -0.05) is 24.3 Å². The predicted molar refractivity (Wildman–Crippen MR) is 78.9 cm³/mol. The quantitative estimate of drug-likeness (QED) is 0.877. The summed E-state index contributed by atoms with van der Waals surface area (Å²) in [5.74, 6) is 0.924. The van der Waals surface area contributed by atoms with Crippen molar-refractivity contribution in [1.29, 1.82) is 0 Å². The smallest absolute Gasteiger partial charge is 0.143 e. The molecule has 3 nitrogen and oxygen atoms in total. The van der Waals surface area contributed by atoms with Crippen molar-refractivity contribution in [3.63, 3.8) is 0 Å². The van der Waals surface area contributed by atoms with Crippen LogP contribution in [0.1, 0.15) is 18.6 Å². The number of ether oxygens (including phenoxy) is 1. The van der Waals surface area contributed by atoms with Gasteiger partial charge in [0.15, 0.2) is 0 Å². The van der Waals surface area contributed by atoms with E-state index in [1.807, 2.05) is 24.3 Å². The van der Waals surface area contributed by atoms with E-state index in [4.69, 9.17) is 4.74 Å². The third-order valence-electron chi connectivity index (χ3n) is 3.27. The van der Waals surface area contributed by atoms with Crippen LogP contribution in [0.5, 0.6) is 5.75 Å². The highest BCUT2D eigenvalue weighted by Gasteiger charge is 2.20. The maximum absolute atomic E-state index is 6.06. The van der Waals surface area contributed by atoms with E-state index in [9.17, 15) is 0 Å². The fraction of sp³-hybridized carbons (Fsp3) is 0.250. The normalized spacial score (nSPS) is 17.0. The minimum Gasteiger partial charge on any atom is -0.482 e. The number of rotatable bonds is 3. The van der Waals surface area contributed by atoms with Gasteiger partial charge in [-0.05, 0) is 36.8 Å². The summed E-state index contributed by atoms with van der Waals surface area (Å²) in [6.45, 7) is 3.82. The molecule has 0 amide bonds. The molecular weight excluding hydrogens is 236 g/mol. The van der Waals surface area contributed by atoms with Crippen LogP contribution in [0.4, 0.5) is 11.4 Å². The Kier molecular flexibility index (Phi) is 3.27. The molecule has 2 aromatic carbocycles. The first kappa shape index (κ1) is 11.9.